The fourth-order valence-corrected chi connectivity index (χ4v) is 1.94. The highest BCUT2D eigenvalue weighted by Gasteiger charge is 2.29. The molecule has 2 aromatic rings. The van der Waals surface area contributed by atoms with E-state index >= 15 is 0 Å². The summed E-state index contributed by atoms with van der Waals surface area (Å²) in [5.41, 5.74) is -0.129. The van der Waals surface area contributed by atoms with Crippen LogP contribution in [0.3, 0.4) is 0 Å². The quantitative estimate of drug-likeness (QED) is 0.635. The van der Waals surface area contributed by atoms with E-state index in [1.54, 1.807) is 6.07 Å². The number of aromatic nitrogens is 1. The molecule has 1 N–H and O–H groups in total. The van der Waals surface area contributed by atoms with E-state index in [1.165, 1.54) is 36.5 Å². The fourth-order valence-electron chi connectivity index (χ4n) is 1.94. The van der Waals surface area contributed by atoms with Gasteiger partial charge in [0.2, 0.25) is 5.88 Å². The normalized spacial score (nSPS) is 11.0. The number of rotatable bonds is 6. The van der Waals surface area contributed by atoms with Crippen molar-refractivity contribution >= 4 is 11.6 Å². The minimum absolute atomic E-state index is 0.177. The van der Waals surface area contributed by atoms with Crippen molar-refractivity contribution in [3.8, 4) is 5.88 Å². The van der Waals surface area contributed by atoms with Crippen LogP contribution in [0.4, 0.5) is 18.9 Å². The second-order valence-corrected chi connectivity index (χ2v) is 4.83. The maximum absolute atomic E-state index is 12.2. The van der Waals surface area contributed by atoms with Gasteiger partial charge in [0.25, 0.3) is 11.6 Å². The summed E-state index contributed by atoms with van der Waals surface area (Å²) in [5, 5.41) is 13.3. The maximum Gasteiger partial charge on any atom is 0.422 e. The lowest BCUT2D eigenvalue weighted by Gasteiger charge is -2.12. The summed E-state index contributed by atoms with van der Waals surface area (Å²) in [5.74, 6) is -1.23. The number of benzene rings is 1. The molecule has 7 nitrogen and oxygen atoms in total. The number of hydrogen-bond donors (Lipinski definition) is 1. The third kappa shape index (κ3) is 5.16. The Bertz CT molecular complexity index is 781. The molecule has 1 aromatic carbocycles. The lowest BCUT2D eigenvalue weighted by molar-refractivity contribution is -0.385. The summed E-state index contributed by atoms with van der Waals surface area (Å²) in [6.07, 6.45) is -3.39. The number of carbonyl (C=O) groups excluding carboxylic acids is 1. The van der Waals surface area contributed by atoms with Gasteiger partial charge in [-0.2, -0.15) is 13.2 Å². The Hall–Kier alpha value is -3.17. The molecule has 1 amide bonds. The van der Waals surface area contributed by atoms with Crippen LogP contribution in [0.15, 0.2) is 42.6 Å². The molecule has 0 aliphatic rings. The smallest absolute Gasteiger partial charge is 0.422 e. The summed E-state index contributed by atoms with van der Waals surface area (Å²) in [4.78, 5) is 26.1. The standard InChI is InChI=1S/C15H12F3N3O4/c16-15(17,18)9-25-14-11(5-3-7-19-14)13(22)20-8-10-4-1-2-6-12(10)21(23)24/h1-7H,8-9H2,(H,20,22). The maximum atomic E-state index is 12.2. The average molecular weight is 355 g/mol. The molecular weight excluding hydrogens is 343 g/mol. The first-order valence-corrected chi connectivity index (χ1v) is 6.93. The van der Waals surface area contributed by atoms with E-state index in [9.17, 15) is 28.1 Å². The van der Waals surface area contributed by atoms with Crippen LogP contribution in [0.25, 0.3) is 0 Å². The van der Waals surface area contributed by atoms with Gasteiger partial charge in [-0.3, -0.25) is 14.9 Å². The molecule has 1 aromatic heterocycles. The van der Waals surface area contributed by atoms with E-state index in [0.29, 0.717) is 0 Å². The Morgan fingerprint density at radius 1 is 1.24 bits per heavy atom. The first-order chi connectivity index (χ1) is 11.8. The van der Waals surface area contributed by atoms with Crippen molar-refractivity contribution in [1.29, 1.82) is 0 Å². The van der Waals surface area contributed by atoms with E-state index in [1.807, 2.05) is 0 Å². The molecule has 2 rings (SSSR count). The van der Waals surface area contributed by atoms with Gasteiger partial charge in [0.15, 0.2) is 6.61 Å². The molecule has 0 aliphatic heterocycles. The van der Waals surface area contributed by atoms with Crippen LogP contribution in [0, 0.1) is 10.1 Å². The van der Waals surface area contributed by atoms with Gasteiger partial charge in [0.05, 0.1) is 4.92 Å². The molecule has 0 saturated carbocycles. The zero-order valence-electron chi connectivity index (χ0n) is 12.6. The number of carbonyl (C=O) groups is 1. The van der Waals surface area contributed by atoms with Crippen molar-refractivity contribution in [2.75, 3.05) is 6.61 Å². The van der Waals surface area contributed by atoms with E-state index in [-0.39, 0.29) is 23.4 Å². The lowest BCUT2D eigenvalue weighted by atomic mass is 10.1. The van der Waals surface area contributed by atoms with E-state index in [4.69, 9.17) is 0 Å². The summed E-state index contributed by atoms with van der Waals surface area (Å²) >= 11 is 0. The number of nitro groups is 1. The second kappa shape index (κ2) is 7.60. The monoisotopic (exact) mass is 355 g/mol. The third-order valence-corrected chi connectivity index (χ3v) is 3.02. The SMILES string of the molecule is O=C(NCc1ccccc1[N+](=O)[O-])c1cccnc1OCC(F)(F)F. The van der Waals surface area contributed by atoms with Gasteiger partial charge >= 0.3 is 6.18 Å². The summed E-state index contributed by atoms with van der Waals surface area (Å²) in [6, 6.07) is 8.39. The van der Waals surface area contributed by atoms with E-state index in [2.05, 4.69) is 15.0 Å². The van der Waals surface area contributed by atoms with E-state index in [0.717, 1.165) is 0 Å². The molecule has 0 bridgehead atoms. The average Bonchev–Trinajstić information content (AvgIpc) is 2.57. The lowest BCUT2D eigenvalue weighted by Crippen LogP contribution is -2.26. The Labute approximate surface area is 139 Å². The van der Waals surface area contributed by atoms with Crippen LogP contribution in [0.1, 0.15) is 15.9 Å². The first kappa shape index (κ1) is 18.2. The van der Waals surface area contributed by atoms with Gasteiger partial charge in [-0.05, 0) is 12.1 Å². The summed E-state index contributed by atoms with van der Waals surface area (Å²) in [6.45, 7) is -1.77. The Morgan fingerprint density at radius 3 is 2.64 bits per heavy atom. The molecule has 25 heavy (non-hydrogen) atoms. The zero-order valence-corrected chi connectivity index (χ0v) is 12.6. The number of para-hydroxylation sites is 1. The number of nitrogens with zero attached hydrogens (tertiary/aromatic N) is 2. The van der Waals surface area contributed by atoms with Crippen molar-refractivity contribution < 1.29 is 27.6 Å². The Kier molecular flexibility index (Phi) is 5.52. The predicted octanol–water partition coefficient (Wildman–Crippen LogP) is 2.86. The van der Waals surface area contributed by atoms with Crippen LogP contribution in [-0.2, 0) is 6.54 Å². The van der Waals surface area contributed by atoms with Crippen molar-refractivity contribution in [2.45, 2.75) is 12.7 Å². The van der Waals surface area contributed by atoms with Crippen LogP contribution in [0.2, 0.25) is 0 Å². The van der Waals surface area contributed by atoms with Crippen LogP contribution in [-0.4, -0.2) is 28.6 Å². The molecule has 0 saturated heterocycles. The Morgan fingerprint density at radius 2 is 1.96 bits per heavy atom. The Balaban J connectivity index is 2.10. The van der Waals surface area contributed by atoms with Crippen molar-refractivity contribution in [1.82, 2.24) is 10.3 Å². The zero-order chi connectivity index (χ0) is 18.4. The third-order valence-electron chi connectivity index (χ3n) is 3.02. The van der Waals surface area contributed by atoms with Gasteiger partial charge in [-0.15, -0.1) is 0 Å². The van der Waals surface area contributed by atoms with Crippen LogP contribution in [0.5, 0.6) is 5.88 Å². The molecule has 1 heterocycles. The van der Waals surface area contributed by atoms with Gasteiger partial charge < -0.3 is 10.1 Å². The highest BCUT2D eigenvalue weighted by atomic mass is 19.4. The number of pyridine rings is 1. The highest BCUT2D eigenvalue weighted by Crippen LogP contribution is 2.21. The van der Waals surface area contributed by atoms with Crippen molar-refractivity contribution in [3.63, 3.8) is 0 Å². The second-order valence-electron chi connectivity index (χ2n) is 4.83. The number of amides is 1. The van der Waals surface area contributed by atoms with Gasteiger partial charge in [0.1, 0.15) is 5.56 Å². The van der Waals surface area contributed by atoms with E-state index < -0.39 is 29.5 Å². The minimum Gasteiger partial charge on any atom is -0.467 e. The highest BCUT2D eigenvalue weighted by molar-refractivity contribution is 5.96. The molecule has 0 fully saturated rings. The van der Waals surface area contributed by atoms with Crippen LogP contribution < -0.4 is 10.1 Å². The topological polar surface area (TPSA) is 94.4 Å². The number of ether oxygens (including phenoxy) is 1. The van der Waals surface area contributed by atoms with Crippen molar-refractivity contribution in [2.24, 2.45) is 0 Å². The van der Waals surface area contributed by atoms with Gasteiger partial charge in [-0.25, -0.2) is 4.98 Å². The van der Waals surface area contributed by atoms with Gasteiger partial charge in [0, 0.05) is 24.4 Å². The molecule has 0 atom stereocenters. The molecular formula is C15H12F3N3O4. The number of halogens is 3. The number of nitrogens with one attached hydrogen (secondary N) is 1. The molecule has 0 spiro atoms. The molecule has 10 heteroatoms. The first-order valence-electron chi connectivity index (χ1n) is 6.93. The molecule has 132 valence electrons. The number of hydrogen-bond acceptors (Lipinski definition) is 5. The predicted molar refractivity (Wildman–Crippen MR) is 80.1 cm³/mol. The molecule has 0 radical (unpaired) electrons. The number of alkyl halides is 3. The van der Waals surface area contributed by atoms with Crippen LogP contribution >= 0.6 is 0 Å². The van der Waals surface area contributed by atoms with Gasteiger partial charge in [-0.1, -0.05) is 18.2 Å². The molecule has 0 unspecified atom stereocenters. The van der Waals surface area contributed by atoms with Crippen molar-refractivity contribution in [3.05, 3.63) is 63.8 Å². The number of nitro benzene ring substituents is 1. The minimum atomic E-state index is -4.57. The summed E-state index contributed by atoms with van der Waals surface area (Å²) < 4.78 is 41.3. The summed E-state index contributed by atoms with van der Waals surface area (Å²) in [7, 11) is 0. The fraction of sp³-hybridized carbons (Fsp3) is 0.200. The molecule has 0 aliphatic carbocycles. The largest absolute Gasteiger partial charge is 0.467 e.